The second-order valence-corrected chi connectivity index (χ2v) is 5.90. The molecular formula is C17H23N3. The molecule has 1 aromatic heterocycles. The summed E-state index contributed by atoms with van der Waals surface area (Å²) in [6, 6.07) is 10.1. The van der Waals surface area contributed by atoms with Crippen molar-refractivity contribution in [3.05, 3.63) is 36.0 Å². The Morgan fingerprint density at radius 2 is 2.10 bits per heavy atom. The summed E-state index contributed by atoms with van der Waals surface area (Å²) in [5.74, 6) is 0.916. The summed E-state index contributed by atoms with van der Waals surface area (Å²) in [6.07, 6.45) is 3.98. The number of nitrogens with zero attached hydrogens (tertiary/aromatic N) is 2. The number of pyridine rings is 1. The maximum atomic E-state index is 6.16. The maximum Gasteiger partial charge on any atom is 0.0726 e. The van der Waals surface area contributed by atoms with Crippen molar-refractivity contribution < 1.29 is 0 Å². The third-order valence-corrected chi connectivity index (χ3v) is 3.94. The molecule has 0 unspecified atom stereocenters. The van der Waals surface area contributed by atoms with E-state index >= 15 is 0 Å². The minimum Gasteiger partial charge on any atom is -0.398 e. The largest absolute Gasteiger partial charge is 0.398 e. The van der Waals surface area contributed by atoms with Crippen LogP contribution in [0.5, 0.6) is 0 Å². The molecule has 1 aliphatic rings. The van der Waals surface area contributed by atoms with Gasteiger partial charge in [0.1, 0.15) is 0 Å². The Morgan fingerprint density at radius 3 is 2.85 bits per heavy atom. The number of rotatable bonds is 6. The van der Waals surface area contributed by atoms with Crippen LogP contribution >= 0.6 is 0 Å². The molecule has 0 amide bonds. The van der Waals surface area contributed by atoms with E-state index in [1.165, 1.54) is 25.8 Å². The highest BCUT2D eigenvalue weighted by Crippen LogP contribution is 2.30. The van der Waals surface area contributed by atoms with Gasteiger partial charge < -0.3 is 5.73 Å². The lowest BCUT2D eigenvalue weighted by molar-refractivity contribution is 0.252. The standard InChI is InChI=1S/C17H23N3/c1-2-9-20(11-13-7-8-13)12-14-10-16(18)15-5-3-4-6-17(15)19-14/h3-6,10,13H,2,7-9,11-12H2,1H3,(H2,18,19). The van der Waals surface area contributed by atoms with E-state index in [-0.39, 0.29) is 0 Å². The Kier molecular flexibility index (Phi) is 3.88. The van der Waals surface area contributed by atoms with Gasteiger partial charge in [-0.3, -0.25) is 9.88 Å². The van der Waals surface area contributed by atoms with Crippen LogP contribution in [0.4, 0.5) is 5.69 Å². The predicted octanol–water partition coefficient (Wildman–Crippen LogP) is 3.44. The number of hydrogen-bond acceptors (Lipinski definition) is 3. The lowest BCUT2D eigenvalue weighted by atomic mass is 10.1. The summed E-state index contributed by atoms with van der Waals surface area (Å²) in [7, 11) is 0. The molecule has 3 nitrogen and oxygen atoms in total. The summed E-state index contributed by atoms with van der Waals surface area (Å²) in [4.78, 5) is 7.29. The minimum absolute atomic E-state index is 0.841. The highest BCUT2D eigenvalue weighted by molar-refractivity contribution is 5.90. The smallest absolute Gasteiger partial charge is 0.0726 e. The van der Waals surface area contributed by atoms with Crippen molar-refractivity contribution in [3.63, 3.8) is 0 Å². The molecule has 0 saturated heterocycles. The number of benzene rings is 1. The highest BCUT2D eigenvalue weighted by atomic mass is 15.1. The number of hydrogen-bond donors (Lipinski definition) is 1. The van der Waals surface area contributed by atoms with Gasteiger partial charge in [0, 0.05) is 24.2 Å². The number of aromatic nitrogens is 1. The summed E-state index contributed by atoms with van der Waals surface area (Å²) in [6.45, 7) is 5.51. The van der Waals surface area contributed by atoms with Gasteiger partial charge in [-0.2, -0.15) is 0 Å². The summed E-state index contributed by atoms with van der Waals surface area (Å²) in [5.41, 5.74) is 9.10. The molecule has 0 atom stereocenters. The Bertz CT molecular complexity index is 590. The number of para-hydroxylation sites is 1. The van der Waals surface area contributed by atoms with E-state index in [2.05, 4.69) is 11.8 Å². The van der Waals surface area contributed by atoms with Crippen molar-refractivity contribution >= 4 is 16.6 Å². The molecule has 0 radical (unpaired) electrons. The van der Waals surface area contributed by atoms with E-state index in [1.54, 1.807) is 0 Å². The molecule has 20 heavy (non-hydrogen) atoms. The van der Waals surface area contributed by atoms with Crippen LogP contribution in [0.1, 0.15) is 31.9 Å². The fourth-order valence-electron chi connectivity index (χ4n) is 2.79. The second-order valence-electron chi connectivity index (χ2n) is 5.90. The minimum atomic E-state index is 0.841. The molecule has 1 aliphatic carbocycles. The molecule has 1 heterocycles. The van der Waals surface area contributed by atoms with Crippen molar-refractivity contribution in [2.45, 2.75) is 32.7 Å². The van der Waals surface area contributed by atoms with Crippen molar-refractivity contribution in [2.24, 2.45) is 5.92 Å². The van der Waals surface area contributed by atoms with Gasteiger partial charge in [-0.15, -0.1) is 0 Å². The van der Waals surface area contributed by atoms with E-state index in [4.69, 9.17) is 10.7 Å². The molecule has 2 aromatic rings. The lowest BCUT2D eigenvalue weighted by Crippen LogP contribution is -2.27. The molecule has 3 rings (SSSR count). The molecule has 1 saturated carbocycles. The van der Waals surface area contributed by atoms with Crippen molar-refractivity contribution in [1.82, 2.24) is 9.88 Å². The number of anilines is 1. The van der Waals surface area contributed by atoms with Gasteiger partial charge in [0.25, 0.3) is 0 Å². The topological polar surface area (TPSA) is 42.1 Å². The Balaban J connectivity index is 1.81. The Labute approximate surface area is 120 Å². The Morgan fingerprint density at radius 1 is 1.30 bits per heavy atom. The molecule has 0 spiro atoms. The van der Waals surface area contributed by atoms with Gasteiger partial charge in [-0.25, -0.2) is 0 Å². The van der Waals surface area contributed by atoms with Crippen LogP contribution in [0.3, 0.4) is 0 Å². The van der Waals surface area contributed by atoms with Crippen molar-refractivity contribution in [2.75, 3.05) is 18.8 Å². The van der Waals surface area contributed by atoms with Crippen LogP contribution in [0.25, 0.3) is 10.9 Å². The zero-order chi connectivity index (χ0) is 13.9. The molecule has 1 aromatic carbocycles. The zero-order valence-electron chi connectivity index (χ0n) is 12.2. The first-order valence-electron chi connectivity index (χ1n) is 7.62. The van der Waals surface area contributed by atoms with Crippen LogP contribution in [-0.4, -0.2) is 23.0 Å². The van der Waals surface area contributed by atoms with E-state index in [0.717, 1.165) is 41.3 Å². The maximum absolute atomic E-state index is 6.16. The van der Waals surface area contributed by atoms with Crippen molar-refractivity contribution in [1.29, 1.82) is 0 Å². The number of fused-ring (bicyclic) bond motifs is 1. The molecule has 2 N–H and O–H groups in total. The van der Waals surface area contributed by atoms with Gasteiger partial charge in [0.05, 0.1) is 11.2 Å². The van der Waals surface area contributed by atoms with Gasteiger partial charge in [-0.1, -0.05) is 25.1 Å². The third kappa shape index (κ3) is 3.10. The first-order valence-corrected chi connectivity index (χ1v) is 7.62. The fraction of sp³-hybridized carbons (Fsp3) is 0.471. The number of nitrogen functional groups attached to an aromatic ring is 1. The van der Waals surface area contributed by atoms with Gasteiger partial charge in [0.15, 0.2) is 0 Å². The average Bonchev–Trinajstić information content (AvgIpc) is 3.23. The Hall–Kier alpha value is -1.61. The van der Waals surface area contributed by atoms with E-state index in [9.17, 15) is 0 Å². The van der Waals surface area contributed by atoms with Crippen LogP contribution < -0.4 is 5.73 Å². The van der Waals surface area contributed by atoms with Gasteiger partial charge in [-0.05, 0) is 43.9 Å². The molecule has 106 valence electrons. The van der Waals surface area contributed by atoms with E-state index in [0.29, 0.717) is 0 Å². The average molecular weight is 269 g/mol. The molecule has 0 aliphatic heterocycles. The van der Waals surface area contributed by atoms with Crippen LogP contribution in [-0.2, 0) is 6.54 Å². The summed E-state index contributed by atoms with van der Waals surface area (Å²) in [5, 5.41) is 1.06. The first kappa shape index (κ1) is 13.4. The lowest BCUT2D eigenvalue weighted by Gasteiger charge is -2.21. The molecule has 3 heteroatoms. The first-order chi connectivity index (χ1) is 9.76. The predicted molar refractivity (Wildman–Crippen MR) is 84.4 cm³/mol. The third-order valence-electron chi connectivity index (χ3n) is 3.94. The van der Waals surface area contributed by atoms with E-state index < -0.39 is 0 Å². The van der Waals surface area contributed by atoms with E-state index in [1.807, 2.05) is 30.3 Å². The zero-order valence-corrected chi connectivity index (χ0v) is 12.2. The van der Waals surface area contributed by atoms with Crippen LogP contribution in [0.2, 0.25) is 0 Å². The monoisotopic (exact) mass is 269 g/mol. The van der Waals surface area contributed by atoms with Crippen LogP contribution in [0, 0.1) is 5.92 Å². The molecule has 1 fully saturated rings. The quantitative estimate of drug-likeness (QED) is 0.873. The normalized spacial score (nSPS) is 15.1. The molecular weight excluding hydrogens is 246 g/mol. The fourth-order valence-corrected chi connectivity index (χ4v) is 2.79. The van der Waals surface area contributed by atoms with Gasteiger partial charge in [0.2, 0.25) is 0 Å². The van der Waals surface area contributed by atoms with Crippen LogP contribution in [0.15, 0.2) is 30.3 Å². The second kappa shape index (κ2) is 5.80. The van der Waals surface area contributed by atoms with Gasteiger partial charge >= 0.3 is 0 Å². The molecule has 0 bridgehead atoms. The SMILES string of the molecule is CCCN(Cc1cc(N)c2ccccc2n1)CC1CC1. The van der Waals surface area contributed by atoms with Crippen molar-refractivity contribution in [3.8, 4) is 0 Å². The highest BCUT2D eigenvalue weighted by Gasteiger charge is 2.24. The number of nitrogens with two attached hydrogens (primary N) is 1. The summed E-state index contributed by atoms with van der Waals surface area (Å²) >= 11 is 0. The summed E-state index contributed by atoms with van der Waals surface area (Å²) < 4.78 is 0.